The minimum Gasteiger partial charge on any atom is -0.468 e. The molecule has 7 nitrogen and oxygen atoms in total. The molecule has 7 heteroatoms. The van der Waals surface area contributed by atoms with Gasteiger partial charge in [-0.05, 0) is 43.3 Å². The van der Waals surface area contributed by atoms with Crippen molar-refractivity contribution in [3.05, 3.63) is 65.4 Å². The molecule has 3 rings (SSSR count). The smallest absolute Gasteiger partial charge is 0.325 e. The second-order valence-corrected chi connectivity index (χ2v) is 5.95. The molecule has 0 saturated heterocycles. The summed E-state index contributed by atoms with van der Waals surface area (Å²) in [6.45, 7) is 1.73. The van der Waals surface area contributed by atoms with Crippen LogP contribution in [-0.4, -0.2) is 31.4 Å². The van der Waals surface area contributed by atoms with Crippen molar-refractivity contribution < 1.29 is 23.5 Å². The van der Waals surface area contributed by atoms with Gasteiger partial charge < -0.3 is 19.8 Å². The normalized spacial score (nSPS) is 10.4. The van der Waals surface area contributed by atoms with E-state index in [-0.39, 0.29) is 12.3 Å². The Labute approximate surface area is 155 Å². The van der Waals surface area contributed by atoms with Gasteiger partial charge in [-0.15, -0.1) is 0 Å². The van der Waals surface area contributed by atoms with Gasteiger partial charge in [0.1, 0.15) is 12.1 Å². The number of rotatable bonds is 5. The van der Waals surface area contributed by atoms with E-state index in [4.69, 9.17) is 4.42 Å². The number of hydrogen-bond acceptors (Lipinski definition) is 5. The van der Waals surface area contributed by atoms with E-state index < -0.39 is 17.8 Å². The summed E-state index contributed by atoms with van der Waals surface area (Å²) < 4.78 is 10.0. The Morgan fingerprint density at radius 3 is 2.63 bits per heavy atom. The number of esters is 1. The maximum atomic E-state index is 12.4. The Hall–Kier alpha value is -3.61. The van der Waals surface area contributed by atoms with Gasteiger partial charge in [0.05, 0.1) is 7.11 Å². The molecule has 0 spiro atoms. The summed E-state index contributed by atoms with van der Waals surface area (Å²) in [6.07, 6.45) is 0. The molecule has 1 aromatic heterocycles. The van der Waals surface area contributed by atoms with Crippen molar-refractivity contribution in [1.29, 1.82) is 0 Å². The van der Waals surface area contributed by atoms with Crippen LogP contribution in [0.4, 0.5) is 5.69 Å². The van der Waals surface area contributed by atoms with Crippen LogP contribution in [0.5, 0.6) is 0 Å². The SMILES string of the molecule is COC(=O)CNC(=O)c1cccc(NC(=O)c2cc3cc(C)ccc3o2)c1. The van der Waals surface area contributed by atoms with Gasteiger partial charge in [-0.3, -0.25) is 14.4 Å². The van der Waals surface area contributed by atoms with E-state index in [1.165, 1.54) is 13.2 Å². The first-order valence-corrected chi connectivity index (χ1v) is 8.23. The van der Waals surface area contributed by atoms with Crippen molar-refractivity contribution in [2.75, 3.05) is 19.0 Å². The number of ether oxygens (including phenoxy) is 1. The van der Waals surface area contributed by atoms with E-state index in [0.717, 1.165) is 10.9 Å². The highest BCUT2D eigenvalue weighted by Gasteiger charge is 2.14. The lowest BCUT2D eigenvalue weighted by Gasteiger charge is -2.07. The molecule has 27 heavy (non-hydrogen) atoms. The Kier molecular flexibility index (Phi) is 5.21. The van der Waals surface area contributed by atoms with Crippen molar-refractivity contribution in [3.8, 4) is 0 Å². The fourth-order valence-electron chi connectivity index (χ4n) is 2.53. The molecule has 0 aliphatic heterocycles. The highest BCUT2D eigenvalue weighted by molar-refractivity contribution is 6.05. The number of methoxy groups -OCH3 is 1. The summed E-state index contributed by atoms with van der Waals surface area (Å²) >= 11 is 0. The topological polar surface area (TPSA) is 97.6 Å². The van der Waals surface area contributed by atoms with Crippen LogP contribution in [0.2, 0.25) is 0 Å². The first-order chi connectivity index (χ1) is 13.0. The van der Waals surface area contributed by atoms with Crippen molar-refractivity contribution in [3.63, 3.8) is 0 Å². The van der Waals surface area contributed by atoms with Gasteiger partial charge >= 0.3 is 5.97 Å². The summed E-state index contributed by atoms with van der Waals surface area (Å²) in [5.41, 5.74) is 2.43. The van der Waals surface area contributed by atoms with Crippen molar-refractivity contribution in [2.24, 2.45) is 0 Å². The quantitative estimate of drug-likeness (QED) is 0.677. The predicted molar refractivity (Wildman–Crippen MR) is 99.7 cm³/mol. The maximum Gasteiger partial charge on any atom is 0.325 e. The molecule has 2 N–H and O–H groups in total. The van der Waals surface area contributed by atoms with Gasteiger partial charge in [-0.2, -0.15) is 0 Å². The minimum atomic E-state index is -0.548. The number of hydrogen-bond donors (Lipinski definition) is 2. The Bertz CT molecular complexity index is 1020. The molecule has 0 radical (unpaired) electrons. The van der Waals surface area contributed by atoms with Gasteiger partial charge in [-0.25, -0.2) is 0 Å². The zero-order chi connectivity index (χ0) is 19.4. The van der Waals surface area contributed by atoms with E-state index >= 15 is 0 Å². The number of nitrogens with one attached hydrogen (secondary N) is 2. The molecule has 0 bridgehead atoms. The van der Waals surface area contributed by atoms with E-state index in [1.807, 2.05) is 25.1 Å². The van der Waals surface area contributed by atoms with E-state index in [2.05, 4.69) is 15.4 Å². The Balaban J connectivity index is 1.72. The van der Waals surface area contributed by atoms with E-state index in [9.17, 15) is 14.4 Å². The first-order valence-electron chi connectivity index (χ1n) is 8.23. The van der Waals surface area contributed by atoms with Crippen LogP contribution < -0.4 is 10.6 Å². The zero-order valence-electron chi connectivity index (χ0n) is 14.9. The molecule has 0 atom stereocenters. The number of carbonyl (C=O) groups excluding carboxylic acids is 3. The third-order valence-electron chi connectivity index (χ3n) is 3.90. The van der Waals surface area contributed by atoms with Gasteiger partial charge in [0.15, 0.2) is 5.76 Å². The molecule has 3 aromatic rings. The van der Waals surface area contributed by atoms with Gasteiger partial charge in [0.2, 0.25) is 0 Å². The molecule has 0 saturated carbocycles. The average Bonchev–Trinajstić information content (AvgIpc) is 3.09. The summed E-state index contributed by atoms with van der Waals surface area (Å²) in [6, 6.07) is 13.7. The number of amides is 2. The molecule has 0 fully saturated rings. The first kappa shape index (κ1) is 18.2. The molecule has 0 aliphatic carbocycles. The van der Waals surface area contributed by atoms with Crippen LogP contribution in [-0.2, 0) is 9.53 Å². The fraction of sp³-hybridized carbons (Fsp3) is 0.150. The number of fused-ring (bicyclic) bond motifs is 1. The summed E-state index contributed by atoms with van der Waals surface area (Å²) in [4.78, 5) is 35.6. The van der Waals surface area contributed by atoms with Gasteiger partial charge in [-0.1, -0.05) is 17.7 Å². The molecule has 2 amide bonds. The summed E-state index contributed by atoms with van der Waals surface area (Å²) in [5, 5.41) is 5.98. The van der Waals surface area contributed by atoms with Crippen LogP contribution in [0, 0.1) is 6.92 Å². The lowest BCUT2D eigenvalue weighted by Crippen LogP contribution is -2.30. The van der Waals surface area contributed by atoms with Crippen LogP contribution in [0.25, 0.3) is 11.0 Å². The highest BCUT2D eigenvalue weighted by atomic mass is 16.5. The fourth-order valence-corrected chi connectivity index (χ4v) is 2.53. The van der Waals surface area contributed by atoms with Crippen LogP contribution >= 0.6 is 0 Å². The maximum absolute atomic E-state index is 12.4. The molecular formula is C20H18N2O5. The number of benzene rings is 2. The lowest BCUT2D eigenvalue weighted by atomic mass is 10.1. The standard InChI is InChI=1S/C20H18N2O5/c1-12-6-7-16-14(8-12)10-17(27-16)20(25)22-15-5-3-4-13(9-15)19(24)21-11-18(23)26-2/h3-10H,11H2,1-2H3,(H,21,24)(H,22,25). The molecule has 2 aromatic carbocycles. The minimum absolute atomic E-state index is 0.177. The molecule has 1 heterocycles. The van der Waals surface area contributed by atoms with Crippen molar-refractivity contribution in [1.82, 2.24) is 5.32 Å². The third kappa shape index (κ3) is 4.33. The van der Waals surface area contributed by atoms with Crippen molar-refractivity contribution >= 4 is 34.4 Å². The number of aryl methyl sites for hydroxylation is 1. The second kappa shape index (κ2) is 7.74. The summed E-state index contributed by atoms with van der Waals surface area (Å²) in [7, 11) is 1.24. The van der Waals surface area contributed by atoms with Crippen LogP contribution in [0.1, 0.15) is 26.5 Å². The summed E-state index contributed by atoms with van der Waals surface area (Å²) in [5.74, 6) is -1.24. The molecule has 0 unspecified atom stereocenters. The number of carbonyl (C=O) groups is 3. The zero-order valence-corrected chi connectivity index (χ0v) is 14.9. The average molecular weight is 366 g/mol. The Morgan fingerprint density at radius 2 is 1.85 bits per heavy atom. The van der Waals surface area contributed by atoms with Crippen LogP contribution in [0.15, 0.2) is 52.9 Å². The number of furan rings is 1. The second-order valence-electron chi connectivity index (χ2n) is 5.95. The largest absolute Gasteiger partial charge is 0.468 e. The Morgan fingerprint density at radius 1 is 1.04 bits per heavy atom. The van der Waals surface area contributed by atoms with E-state index in [0.29, 0.717) is 16.8 Å². The van der Waals surface area contributed by atoms with Crippen molar-refractivity contribution in [2.45, 2.75) is 6.92 Å². The third-order valence-corrected chi connectivity index (χ3v) is 3.90. The van der Waals surface area contributed by atoms with Crippen LogP contribution in [0.3, 0.4) is 0 Å². The monoisotopic (exact) mass is 366 g/mol. The van der Waals surface area contributed by atoms with E-state index in [1.54, 1.807) is 24.3 Å². The van der Waals surface area contributed by atoms with Gasteiger partial charge in [0.25, 0.3) is 11.8 Å². The molecular weight excluding hydrogens is 348 g/mol. The lowest BCUT2D eigenvalue weighted by molar-refractivity contribution is -0.139. The predicted octanol–water partition coefficient (Wildman–Crippen LogP) is 2.90. The number of anilines is 1. The van der Waals surface area contributed by atoms with Gasteiger partial charge in [0, 0.05) is 16.6 Å². The highest BCUT2D eigenvalue weighted by Crippen LogP contribution is 2.21. The molecule has 0 aliphatic rings. The molecule has 138 valence electrons.